The summed E-state index contributed by atoms with van der Waals surface area (Å²) < 4.78 is 39.0. The lowest BCUT2D eigenvalue weighted by molar-refractivity contribution is 0.0391. The maximum atomic E-state index is 14.3. The minimum Gasteiger partial charge on any atom is -0.422 e. The smallest absolute Gasteiger partial charge is 0.349 e. The number of aromatic nitrogens is 1. The number of benzene rings is 2. The molecular weight excluding hydrogens is 452 g/mol. The normalized spacial score (nSPS) is 14.7. The molecule has 0 N–H and O–H groups in total. The zero-order chi connectivity index (χ0) is 22.9. The molecule has 0 spiro atoms. The molecule has 2 aromatic carbocycles. The largest absolute Gasteiger partial charge is 0.422 e. The monoisotopic (exact) mass is 471 g/mol. The predicted octanol–water partition coefficient (Wildman–Crippen LogP) is 3.66. The van der Waals surface area contributed by atoms with Crippen LogP contribution in [0.2, 0.25) is 0 Å². The molecule has 33 heavy (non-hydrogen) atoms. The summed E-state index contributed by atoms with van der Waals surface area (Å²) in [4.78, 5) is 33.9. The van der Waals surface area contributed by atoms with Crippen LogP contribution in [0.1, 0.15) is 10.4 Å². The van der Waals surface area contributed by atoms with Crippen molar-refractivity contribution in [3.8, 4) is 0 Å². The van der Waals surface area contributed by atoms with Gasteiger partial charge in [0.1, 0.15) is 22.5 Å². The molecule has 0 atom stereocenters. The van der Waals surface area contributed by atoms with E-state index in [9.17, 15) is 18.4 Å². The molecule has 1 saturated heterocycles. The van der Waals surface area contributed by atoms with Gasteiger partial charge in [-0.15, -0.1) is 0 Å². The fourth-order valence-corrected chi connectivity index (χ4v) is 4.80. The Morgan fingerprint density at radius 3 is 2.76 bits per heavy atom. The zero-order valence-corrected chi connectivity index (χ0v) is 18.2. The van der Waals surface area contributed by atoms with Crippen molar-refractivity contribution < 1.29 is 22.7 Å². The quantitative estimate of drug-likeness (QED) is 0.414. The first-order chi connectivity index (χ1) is 16.0. The van der Waals surface area contributed by atoms with Crippen LogP contribution in [0, 0.1) is 11.6 Å². The number of halogens is 2. The topological polar surface area (TPSA) is 75.9 Å². The molecule has 0 bridgehead atoms. The van der Waals surface area contributed by atoms with Crippen LogP contribution in [0.25, 0.3) is 21.2 Å². The Kier molecular flexibility index (Phi) is 5.88. The number of amides is 1. The molecule has 0 radical (unpaired) electrons. The fraction of sp³-hybridized carbons (Fsp3) is 0.261. The van der Waals surface area contributed by atoms with E-state index in [2.05, 4.69) is 9.88 Å². The van der Waals surface area contributed by atoms with E-state index in [4.69, 9.17) is 9.15 Å². The van der Waals surface area contributed by atoms with Crippen molar-refractivity contribution in [1.82, 2.24) is 9.88 Å². The molecule has 1 aliphatic heterocycles. The number of carbonyl (C=O) groups is 1. The number of nitrogens with zero attached hydrogens (tertiary/aromatic N) is 3. The first-order valence-electron chi connectivity index (χ1n) is 10.4. The number of anilines is 1. The standard InChI is InChI=1S/C23H19F2N3O4S/c24-15-12-17(25)20-19(13-15)33-23(26-20)28(6-5-27-7-9-31-10-8-27)21(29)16-11-14-3-1-2-4-18(14)32-22(16)30/h1-4,11-13H,5-10H2. The Hall–Kier alpha value is -3.21. The van der Waals surface area contributed by atoms with Crippen LogP contribution in [0.15, 0.2) is 51.7 Å². The van der Waals surface area contributed by atoms with Crippen LogP contribution in [0.4, 0.5) is 13.9 Å². The molecule has 1 aliphatic rings. The van der Waals surface area contributed by atoms with Crippen LogP contribution in [0.3, 0.4) is 0 Å². The molecule has 2 aromatic heterocycles. The highest BCUT2D eigenvalue weighted by Crippen LogP contribution is 2.32. The van der Waals surface area contributed by atoms with Crippen molar-refractivity contribution in [2.75, 3.05) is 44.3 Å². The highest BCUT2D eigenvalue weighted by molar-refractivity contribution is 7.22. The van der Waals surface area contributed by atoms with Crippen LogP contribution < -0.4 is 10.5 Å². The number of carbonyl (C=O) groups excluding carboxylic acids is 1. The van der Waals surface area contributed by atoms with Gasteiger partial charge in [0.2, 0.25) is 0 Å². The van der Waals surface area contributed by atoms with Crippen LogP contribution in [-0.4, -0.2) is 55.2 Å². The highest BCUT2D eigenvalue weighted by Gasteiger charge is 2.26. The lowest BCUT2D eigenvalue weighted by atomic mass is 10.1. The van der Waals surface area contributed by atoms with E-state index in [1.54, 1.807) is 24.3 Å². The van der Waals surface area contributed by atoms with Crippen LogP contribution in [0.5, 0.6) is 0 Å². The molecule has 5 rings (SSSR count). The molecule has 3 heterocycles. The number of hydrogen-bond acceptors (Lipinski definition) is 7. The van der Waals surface area contributed by atoms with E-state index in [1.165, 1.54) is 17.0 Å². The van der Waals surface area contributed by atoms with E-state index in [0.717, 1.165) is 17.4 Å². The Morgan fingerprint density at radius 1 is 1.15 bits per heavy atom. The summed E-state index contributed by atoms with van der Waals surface area (Å²) in [7, 11) is 0. The lowest BCUT2D eigenvalue weighted by Gasteiger charge is -2.29. The molecular formula is C23H19F2N3O4S. The van der Waals surface area contributed by atoms with Crippen LogP contribution in [-0.2, 0) is 4.74 Å². The number of hydrogen-bond donors (Lipinski definition) is 0. The van der Waals surface area contributed by atoms with Gasteiger partial charge in [0.25, 0.3) is 5.91 Å². The summed E-state index contributed by atoms with van der Waals surface area (Å²) in [6, 6.07) is 10.3. The number of rotatable bonds is 5. The summed E-state index contributed by atoms with van der Waals surface area (Å²) in [5.74, 6) is -2.14. The van der Waals surface area contributed by atoms with Crippen LogP contribution >= 0.6 is 11.3 Å². The molecule has 1 fully saturated rings. The van der Waals surface area contributed by atoms with Gasteiger partial charge in [-0.2, -0.15) is 0 Å². The van der Waals surface area contributed by atoms with Gasteiger partial charge in [0.05, 0.1) is 17.9 Å². The third kappa shape index (κ3) is 4.37. The Morgan fingerprint density at radius 2 is 1.94 bits per heavy atom. The van der Waals surface area contributed by atoms with Crippen molar-refractivity contribution >= 4 is 43.6 Å². The fourth-order valence-electron chi connectivity index (χ4n) is 3.77. The molecule has 0 saturated carbocycles. The van der Waals surface area contributed by atoms with Gasteiger partial charge < -0.3 is 9.15 Å². The van der Waals surface area contributed by atoms with Gasteiger partial charge in [0, 0.05) is 37.6 Å². The Bertz CT molecular complexity index is 1400. The second kappa shape index (κ2) is 8.97. The Balaban J connectivity index is 1.54. The summed E-state index contributed by atoms with van der Waals surface area (Å²) in [6.45, 7) is 3.30. The zero-order valence-electron chi connectivity index (χ0n) is 17.4. The lowest BCUT2D eigenvalue weighted by Crippen LogP contribution is -2.44. The van der Waals surface area contributed by atoms with E-state index in [-0.39, 0.29) is 27.5 Å². The number of fused-ring (bicyclic) bond motifs is 2. The molecule has 0 unspecified atom stereocenters. The highest BCUT2D eigenvalue weighted by atomic mass is 32.1. The van der Waals surface area contributed by atoms with Crippen molar-refractivity contribution in [2.24, 2.45) is 0 Å². The molecule has 0 aliphatic carbocycles. The van der Waals surface area contributed by atoms with Crippen molar-refractivity contribution in [3.05, 3.63) is 70.1 Å². The average molecular weight is 471 g/mol. The first kappa shape index (κ1) is 21.6. The van der Waals surface area contributed by atoms with E-state index in [0.29, 0.717) is 43.8 Å². The van der Waals surface area contributed by atoms with Gasteiger partial charge in [-0.1, -0.05) is 29.5 Å². The molecule has 1 amide bonds. The predicted molar refractivity (Wildman–Crippen MR) is 121 cm³/mol. The average Bonchev–Trinajstić information content (AvgIpc) is 3.23. The second-order valence-electron chi connectivity index (χ2n) is 7.63. The van der Waals surface area contributed by atoms with Gasteiger partial charge in [0.15, 0.2) is 10.9 Å². The SMILES string of the molecule is O=C(c1cc2ccccc2oc1=O)N(CCN1CCOCC1)c1nc2c(F)cc(F)cc2s1. The summed E-state index contributed by atoms with van der Waals surface area (Å²) in [5, 5.41) is 0.784. The molecule has 10 heteroatoms. The maximum absolute atomic E-state index is 14.3. The van der Waals surface area contributed by atoms with Crippen molar-refractivity contribution in [1.29, 1.82) is 0 Å². The molecule has 7 nitrogen and oxygen atoms in total. The molecule has 170 valence electrons. The van der Waals surface area contributed by atoms with Gasteiger partial charge in [-0.25, -0.2) is 18.6 Å². The molecule has 4 aromatic rings. The van der Waals surface area contributed by atoms with Gasteiger partial charge in [-0.05, 0) is 18.2 Å². The first-order valence-corrected chi connectivity index (χ1v) is 11.2. The summed E-state index contributed by atoms with van der Waals surface area (Å²) in [5.41, 5.74) is -0.572. The third-order valence-electron chi connectivity index (χ3n) is 5.49. The number of thiazole rings is 1. The minimum atomic E-state index is -0.807. The van der Waals surface area contributed by atoms with Gasteiger partial charge >= 0.3 is 5.63 Å². The minimum absolute atomic E-state index is 0.0221. The Labute approximate surface area is 190 Å². The van der Waals surface area contributed by atoms with Gasteiger partial charge in [-0.3, -0.25) is 14.6 Å². The van der Waals surface area contributed by atoms with Crippen molar-refractivity contribution in [2.45, 2.75) is 0 Å². The van der Waals surface area contributed by atoms with E-state index in [1.807, 2.05) is 0 Å². The maximum Gasteiger partial charge on any atom is 0.349 e. The van der Waals surface area contributed by atoms with Crippen molar-refractivity contribution in [3.63, 3.8) is 0 Å². The number of ether oxygens (including phenoxy) is 1. The van der Waals surface area contributed by atoms with E-state index < -0.39 is 23.2 Å². The summed E-state index contributed by atoms with van der Waals surface area (Å²) >= 11 is 0.991. The van der Waals surface area contributed by atoms with E-state index >= 15 is 0 Å². The summed E-state index contributed by atoms with van der Waals surface area (Å²) in [6.07, 6.45) is 0. The second-order valence-corrected chi connectivity index (χ2v) is 8.64. The number of para-hydroxylation sites is 1. The third-order valence-corrected chi connectivity index (χ3v) is 6.52. The number of morpholine rings is 1.